The van der Waals surface area contributed by atoms with E-state index in [0.29, 0.717) is 6.54 Å². The molecule has 0 aliphatic carbocycles. The minimum Gasteiger partial charge on any atom is -0.376 e. The van der Waals surface area contributed by atoms with E-state index in [-0.39, 0.29) is 23.4 Å². The molecule has 1 aliphatic rings. The minimum atomic E-state index is -0.493. The Balaban J connectivity index is 1.88. The maximum Gasteiger partial charge on any atom is 0.354 e. The lowest BCUT2D eigenvalue weighted by Gasteiger charge is -2.12. The largest absolute Gasteiger partial charge is 0.376 e. The summed E-state index contributed by atoms with van der Waals surface area (Å²) in [7, 11) is 0. The highest BCUT2D eigenvalue weighted by molar-refractivity contribution is 5.64. The van der Waals surface area contributed by atoms with E-state index in [4.69, 9.17) is 4.74 Å². The van der Waals surface area contributed by atoms with Crippen molar-refractivity contribution in [1.29, 1.82) is 0 Å². The van der Waals surface area contributed by atoms with Crippen LogP contribution in [0.3, 0.4) is 0 Å². The Morgan fingerprint density at radius 1 is 1.52 bits per heavy atom. The molecule has 0 amide bonds. The molecule has 9 nitrogen and oxygen atoms in total. The van der Waals surface area contributed by atoms with Gasteiger partial charge in [0.25, 0.3) is 0 Å². The third-order valence-electron chi connectivity index (χ3n) is 3.26. The van der Waals surface area contributed by atoms with Gasteiger partial charge in [-0.1, -0.05) is 0 Å². The Morgan fingerprint density at radius 3 is 3.10 bits per heavy atom. The molecule has 1 aliphatic heterocycles. The first kappa shape index (κ1) is 13.4. The molecule has 0 aromatic carbocycles. The third kappa shape index (κ3) is 2.82. The summed E-state index contributed by atoms with van der Waals surface area (Å²) in [6, 6.07) is 0. The molecule has 0 saturated carbocycles. The molecular weight excluding hydrogens is 276 g/mol. The van der Waals surface area contributed by atoms with E-state index in [1.165, 1.54) is 23.4 Å². The molecule has 0 bridgehead atoms. The average Bonchev–Trinajstić information content (AvgIpc) is 3.17. The second kappa shape index (κ2) is 5.83. The maximum atomic E-state index is 11.4. The molecule has 1 N–H and O–H groups in total. The summed E-state index contributed by atoms with van der Waals surface area (Å²) in [5.74, 6) is 0.372. The van der Waals surface area contributed by atoms with Crippen molar-refractivity contribution in [2.24, 2.45) is 0 Å². The molecule has 9 heteroatoms. The van der Waals surface area contributed by atoms with Crippen LogP contribution in [0, 0.1) is 10.1 Å². The van der Waals surface area contributed by atoms with Crippen LogP contribution in [0.2, 0.25) is 0 Å². The lowest BCUT2D eigenvalue weighted by molar-refractivity contribution is -0.384. The van der Waals surface area contributed by atoms with Crippen LogP contribution in [0.4, 0.5) is 11.5 Å². The van der Waals surface area contributed by atoms with Crippen LogP contribution in [0.5, 0.6) is 0 Å². The Kier molecular flexibility index (Phi) is 3.73. The van der Waals surface area contributed by atoms with Gasteiger partial charge in [-0.05, 0) is 12.8 Å². The standard InChI is InChI=1S/C12H14N6O3/c19-18(20)10-11(14-6-9-2-1-5-21-9)15-7-16-12(10)17-4-3-13-8-17/h3-4,7-9H,1-2,5-6H2,(H,14,15,16). The first-order chi connectivity index (χ1) is 10.3. The predicted octanol–water partition coefficient (Wildman–Crippen LogP) is 1.16. The van der Waals surface area contributed by atoms with Crippen molar-refractivity contribution in [3.05, 3.63) is 35.2 Å². The minimum absolute atomic E-state index is 0.0660. The van der Waals surface area contributed by atoms with Crippen LogP contribution in [-0.4, -0.2) is 43.7 Å². The summed E-state index contributed by atoms with van der Waals surface area (Å²) >= 11 is 0. The predicted molar refractivity (Wildman–Crippen MR) is 73.3 cm³/mol. The molecule has 2 aromatic heterocycles. The van der Waals surface area contributed by atoms with Gasteiger partial charge in [0, 0.05) is 25.5 Å². The number of nitro groups is 1. The monoisotopic (exact) mass is 290 g/mol. The van der Waals surface area contributed by atoms with Crippen molar-refractivity contribution in [1.82, 2.24) is 19.5 Å². The van der Waals surface area contributed by atoms with E-state index in [1.54, 1.807) is 6.20 Å². The van der Waals surface area contributed by atoms with Crippen molar-refractivity contribution in [2.45, 2.75) is 18.9 Å². The number of nitrogens with zero attached hydrogens (tertiary/aromatic N) is 5. The lowest BCUT2D eigenvalue weighted by atomic mass is 10.2. The van der Waals surface area contributed by atoms with Gasteiger partial charge >= 0.3 is 5.69 Å². The Hall–Kier alpha value is -2.55. The number of nitrogens with one attached hydrogen (secondary N) is 1. The van der Waals surface area contributed by atoms with Crippen LogP contribution in [-0.2, 0) is 4.74 Å². The molecule has 0 spiro atoms. The van der Waals surface area contributed by atoms with Gasteiger partial charge in [0.2, 0.25) is 11.6 Å². The summed E-state index contributed by atoms with van der Waals surface area (Å²) in [5.41, 5.74) is -0.173. The highest BCUT2D eigenvalue weighted by Gasteiger charge is 2.25. The van der Waals surface area contributed by atoms with Crippen molar-refractivity contribution < 1.29 is 9.66 Å². The van der Waals surface area contributed by atoms with Crippen LogP contribution < -0.4 is 5.32 Å². The fraction of sp³-hybridized carbons (Fsp3) is 0.417. The first-order valence-corrected chi connectivity index (χ1v) is 6.59. The summed E-state index contributed by atoms with van der Waals surface area (Å²) in [4.78, 5) is 22.7. The number of hydrogen-bond donors (Lipinski definition) is 1. The average molecular weight is 290 g/mol. The zero-order valence-corrected chi connectivity index (χ0v) is 11.2. The molecule has 1 saturated heterocycles. The topological polar surface area (TPSA) is 108 Å². The lowest BCUT2D eigenvalue weighted by Crippen LogP contribution is -2.20. The molecule has 1 atom stereocenters. The number of rotatable bonds is 5. The van der Waals surface area contributed by atoms with Crippen LogP contribution in [0.25, 0.3) is 5.82 Å². The summed E-state index contributed by atoms with van der Waals surface area (Å²) in [5, 5.41) is 14.3. The van der Waals surface area contributed by atoms with Crippen molar-refractivity contribution in [2.75, 3.05) is 18.5 Å². The number of hydrogen-bond acceptors (Lipinski definition) is 7. The van der Waals surface area contributed by atoms with Gasteiger partial charge in [0.1, 0.15) is 12.7 Å². The molecule has 1 unspecified atom stereocenters. The van der Waals surface area contributed by atoms with Gasteiger partial charge in [-0.25, -0.2) is 15.0 Å². The Labute approximate surface area is 120 Å². The second-order valence-electron chi connectivity index (χ2n) is 4.64. The van der Waals surface area contributed by atoms with Gasteiger partial charge in [-0.3, -0.25) is 14.7 Å². The molecular formula is C12H14N6O3. The summed E-state index contributed by atoms with van der Waals surface area (Å²) in [6.07, 6.45) is 7.90. The van der Waals surface area contributed by atoms with Gasteiger partial charge in [0.05, 0.1) is 11.0 Å². The molecule has 21 heavy (non-hydrogen) atoms. The number of imidazole rings is 1. The number of aromatic nitrogens is 4. The van der Waals surface area contributed by atoms with Crippen LogP contribution >= 0.6 is 0 Å². The van der Waals surface area contributed by atoms with Gasteiger partial charge < -0.3 is 10.1 Å². The summed E-state index contributed by atoms with van der Waals surface area (Å²) in [6.45, 7) is 1.22. The van der Waals surface area contributed by atoms with Gasteiger partial charge in [0.15, 0.2) is 0 Å². The highest BCUT2D eigenvalue weighted by Crippen LogP contribution is 2.27. The molecule has 3 rings (SSSR count). The molecule has 2 aromatic rings. The Morgan fingerprint density at radius 2 is 2.43 bits per heavy atom. The van der Waals surface area contributed by atoms with Crippen molar-refractivity contribution in [3.8, 4) is 5.82 Å². The fourth-order valence-electron chi connectivity index (χ4n) is 2.26. The third-order valence-corrected chi connectivity index (χ3v) is 3.26. The van der Waals surface area contributed by atoms with Gasteiger partial charge in [-0.2, -0.15) is 0 Å². The van der Waals surface area contributed by atoms with E-state index >= 15 is 0 Å². The number of ether oxygens (including phenoxy) is 1. The van der Waals surface area contributed by atoms with Crippen LogP contribution in [0.15, 0.2) is 25.0 Å². The zero-order valence-electron chi connectivity index (χ0n) is 11.2. The molecule has 0 radical (unpaired) electrons. The van der Waals surface area contributed by atoms with E-state index < -0.39 is 4.92 Å². The quantitative estimate of drug-likeness (QED) is 0.650. The first-order valence-electron chi connectivity index (χ1n) is 6.59. The Bertz CT molecular complexity index is 624. The van der Waals surface area contributed by atoms with E-state index in [9.17, 15) is 10.1 Å². The van der Waals surface area contributed by atoms with E-state index in [0.717, 1.165) is 19.4 Å². The second-order valence-corrected chi connectivity index (χ2v) is 4.64. The van der Waals surface area contributed by atoms with Crippen LogP contribution in [0.1, 0.15) is 12.8 Å². The molecule has 1 fully saturated rings. The molecule has 3 heterocycles. The maximum absolute atomic E-state index is 11.4. The highest BCUT2D eigenvalue weighted by atomic mass is 16.6. The van der Waals surface area contributed by atoms with Crippen molar-refractivity contribution in [3.63, 3.8) is 0 Å². The fourth-order valence-corrected chi connectivity index (χ4v) is 2.26. The number of anilines is 1. The van der Waals surface area contributed by atoms with E-state index in [1.807, 2.05) is 0 Å². The van der Waals surface area contributed by atoms with E-state index in [2.05, 4.69) is 20.3 Å². The normalized spacial score (nSPS) is 17.8. The molecule has 110 valence electrons. The van der Waals surface area contributed by atoms with Crippen molar-refractivity contribution >= 4 is 11.5 Å². The smallest absolute Gasteiger partial charge is 0.354 e. The van der Waals surface area contributed by atoms with Gasteiger partial charge in [-0.15, -0.1) is 0 Å². The summed E-state index contributed by atoms with van der Waals surface area (Å²) < 4.78 is 6.97. The zero-order chi connectivity index (χ0) is 14.7. The SMILES string of the molecule is O=[N+]([O-])c1c(NCC2CCCO2)ncnc1-n1ccnc1.